The highest BCUT2D eigenvalue weighted by Gasteiger charge is 2.34. The Kier molecular flexibility index (Phi) is 6.76. The number of hydrogen-bond acceptors (Lipinski definition) is 6. The van der Waals surface area contributed by atoms with Crippen molar-refractivity contribution in [2.75, 3.05) is 31.1 Å². The number of esters is 1. The van der Waals surface area contributed by atoms with E-state index >= 15 is 0 Å². The van der Waals surface area contributed by atoms with Crippen LogP contribution in [0.5, 0.6) is 0 Å². The van der Waals surface area contributed by atoms with Gasteiger partial charge in [-0.15, -0.1) is 0 Å². The molecule has 2 unspecified atom stereocenters. The first-order valence-electron chi connectivity index (χ1n) is 10.7. The average molecular weight is 493 g/mol. The molecule has 10 heteroatoms. The van der Waals surface area contributed by atoms with Gasteiger partial charge in [0.25, 0.3) is 5.91 Å². The number of carbonyl (C=O) groups excluding carboxylic acids is 2. The Morgan fingerprint density at radius 2 is 1.82 bits per heavy atom. The number of sulfonamides is 1. The monoisotopic (exact) mass is 492 g/mol. The second kappa shape index (κ2) is 9.42. The average Bonchev–Trinajstić information content (AvgIpc) is 3.21. The van der Waals surface area contributed by atoms with Gasteiger partial charge >= 0.3 is 5.97 Å². The van der Waals surface area contributed by atoms with E-state index in [0.29, 0.717) is 6.54 Å². The molecule has 4 rings (SSSR count). The summed E-state index contributed by atoms with van der Waals surface area (Å²) in [5.74, 6) is -1.14. The van der Waals surface area contributed by atoms with Crippen molar-refractivity contribution in [1.29, 1.82) is 0 Å². The molecule has 176 valence electrons. The molecule has 1 amide bonds. The van der Waals surface area contributed by atoms with E-state index in [1.807, 2.05) is 24.3 Å². The molecule has 2 heterocycles. The lowest BCUT2D eigenvalue weighted by Crippen LogP contribution is -2.48. The Balaban J connectivity index is 1.47. The lowest BCUT2D eigenvalue weighted by atomic mass is 10.2. The number of halogens is 1. The number of para-hydroxylation sites is 1. The van der Waals surface area contributed by atoms with Gasteiger partial charge in [-0.3, -0.25) is 4.79 Å². The standard InChI is InChI=1S/C23H25ClN2O6S/c1-15-12-25(13-16(2)32-15)33(29,30)21-11-18(7-8-19(21)24)23(28)31-14-22(27)26-10-9-17-5-3-4-6-20(17)26/h3-8,11,15-16H,9-10,12-14H2,1-2H3. The van der Waals surface area contributed by atoms with Crippen LogP contribution in [0.3, 0.4) is 0 Å². The van der Waals surface area contributed by atoms with E-state index in [2.05, 4.69) is 0 Å². The molecule has 0 N–H and O–H groups in total. The van der Waals surface area contributed by atoms with E-state index in [-0.39, 0.29) is 46.7 Å². The molecule has 0 bridgehead atoms. The number of ether oxygens (including phenoxy) is 2. The van der Waals surface area contributed by atoms with Crippen LogP contribution in [0.2, 0.25) is 5.02 Å². The van der Waals surface area contributed by atoms with Gasteiger partial charge in [-0.1, -0.05) is 29.8 Å². The summed E-state index contributed by atoms with van der Waals surface area (Å²) in [7, 11) is -3.95. The molecule has 0 aliphatic carbocycles. The van der Waals surface area contributed by atoms with Gasteiger partial charge in [0.05, 0.1) is 22.8 Å². The molecule has 33 heavy (non-hydrogen) atoms. The molecule has 2 aliphatic rings. The highest BCUT2D eigenvalue weighted by atomic mass is 35.5. The van der Waals surface area contributed by atoms with E-state index in [4.69, 9.17) is 21.1 Å². The number of nitrogens with zero attached hydrogens (tertiary/aromatic N) is 2. The van der Waals surface area contributed by atoms with Crippen LogP contribution < -0.4 is 4.90 Å². The van der Waals surface area contributed by atoms with Gasteiger partial charge in [0.15, 0.2) is 6.61 Å². The van der Waals surface area contributed by atoms with E-state index in [9.17, 15) is 18.0 Å². The van der Waals surface area contributed by atoms with Crippen molar-refractivity contribution in [2.45, 2.75) is 37.4 Å². The zero-order valence-corrected chi connectivity index (χ0v) is 19.9. The fourth-order valence-corrected chi connectivity index (χ4v) is 6.27. The van der Waals surface area contributed by atoms with Gasteiger partial charge in [0, 0.05) is 25.3 Å². The third-order valence-electron chi connectivity index (χ3n) is 5.69. The van der Waals surface area contributed by atoms with Crippen LogP contribution in [0.15, 0.2) is 47.4 Å². The number of hydrogen-bond donors (Lipinski definition) is 0. The largest absolute Gasteiger partial charge is 0.452 e. The van der Waals surface area contributed by atoms with Crippen LogP contribution in [-0.4, -0.2) is 63.0 Å². The predicted octanol–water partition coefficient (Wildman–Crippen LogP) is 2.88. The Bertz CT molecular complexity index is 1180. The Labute approximate surface area is 198 Å². The van der Waals surface area contributed by atoms with Crippen molar-refractivity contribution in [3.8, 4) is 0 Å². The number of anilines is 1. The van der Waals surface area contributed by atoms with Gasteiger partial charge in [0.1, 0.15) is 4.90 Å². The van der Waals surface area contributed by atoms with Crippen molar-refractivity contribution in [3.63, 3.8) is 0 Å². The van der Waals surface area contributed by atoms with Gasteiger partial charge in [0.2, 0.25) is 10.0 Å². The Hall–Kier alpha value is -2.46. The minimum absolute atomic E-state index is 0.00181. The van der Waals surface area contributed by atoms with Gasteiger partial charge in [-0.25, -0.2) is 13.2 Å². The fraction of sp³-hybridized carbons (Fsp3) is 0.391. The molecule has 1 saturated heterocycles. The first-order valence-corrected chi connectivity index (χ1v) is 12.5. The summed E-state index contributed by atoms with van der Waals surface area (Å²) in [6, 6.07) is 11.5. The van der Waals surface area contributed by atoms with E-state index in [1.54, 1.807) is 18.7 Å². The molecule has 0 spiro atoms. The van der Waals surface area contributed by atoms with Crippen molar-refractivity contribution in [2.24, 2.45) is 0 Å². The number of benzene rings is 2. The SMILES string of the molecule is CC1CN(S(=O)(=O)c2cc(C(=O)OCC(=O)N3CCc4ccccc43)ccc2Cl)CC(C)O1. The lowest BCUT2D eigenvalue weighted by Gasteiger charge is -2.34. The molecule has 0 saturated carbocycles. The summed E-state index contributed by atoms with van der Waals surface area (Å²) in [5.41, 5.74) is 1.88. The Morgan fingerprint density at radius 1 is 1.12 bits per heavy atom. The van der Waals surface area contributed by atoms with E-state index < -0.39 is 22.6 Å². The topological polar surface area (TPSA) is 93.2 Å². The molecular weight excluding hydrogens is 468 g/mol. The van der Waals surface area contributed by atoms with Crippen LogP contribution in [0, 0.1) is 0 Å². The van der Waals surface area contributed by atoms with Crippen LogP contribution in [0.1, 0.15) is 29.8 Å². The number of rotatable bonds is 5. The van der Waals surface area contributed by atoms with Crippen molar-refractivity contribution < 1.29 is 27.5 Å². The van der Waals surface area contributed by atoms with Gasteiger partial charge in [-0.2, -0.15) is 4.31 Å². The van der Waals surface area contributed by atoms with Crippen LogP contribution in [0.25, 0.3) is 0 Å². The fourth-order valence-electron chi connectivity index (χ4n) is 4.18. The quantitative estimate of drug-likeness (QED) is 0.596. The summed E-state index contributed by atoms with van der Waals surface area (Å²) < 4.78 is 38.5. The molecule has 2 atom stereocenters. The normalized spacial score (nSPS) is 21.0. The third kappa shape index (κ3) is 4.91. The summed E-state index contributed by atoms with van der Waals surface area (Å²) >= 11 is 6.19. The van der Waals surface area contributed by atoms with Crippen LogP contribution in [0.4, 0.5) is 5.69 Å². The minimum atomic E-state index is -3.95. The first kappa shape index (κ1) is 23.7. The van der Waals surface area contributed by atoms with Gasteiger partial charge in [-0.05, 0) is 50.1 Å². The maximum Gasteiger partial charge on any atom is 0.338 e. The summed E-state index contributed by atoms with van der Waals surface area (Å²) in [6.45, 7) is 4.03. The smallest absolute Gasteiger partial charge is 0.338 e. The van der Waals surface area contributed by atoms with Crippen LogP contribution in [-0.2, 0) is 30.7 Å². The zero-order valence-electron chi connectivity index (χ0n) is 18.4. The molecule has 2 aromatic rings. The zero-order chi connectivity index (χ0) is 23.8. The first-order chi connectivity index (χ1) is 15.7. The van der Waals surface area contributed by atoms with E-state index in [0.717, 1.165) is 17.7 Å². The Morgan fingerprint density at radius 3 is 2.55 bits per heavy atom. The summed E-state index contributed by atoms with van der Waals surface area (Å²) in [4.78, 5) is 26.6. The van der Waals surface area contributed by atoms with Crippen molar-refractivity contribution in [1.82, 2.24) is 4.31 Å². The van der Waals surface area contributed by atoms with Crippen LogP contribution >= 0.6 is 11.6 Å². The van der Waals surface area contributed by atoms with Crippen molar-refractivity contribution in [3.05, 3.63) is 58.6 Å². The second-order valence-corrected chi connectivity index (χ2v) is 10.5. The molecule has 0 aromatic heterocycles. The minimum Gasteiger partial charge on any atom is -0.452 e. The molecule has 0 radical (unpaired) electrons. The molecule has 2 aromatic carbocycles. The maximum atomic E-state index is 13.2. The van der Waals surface area contributed by atoms with Gasteiger partial charge < -0.3 is 14.4 Å². The van der Waals surface area contributed by atoms with E-state index in [1.165, 1.54) is 22.5 Å². The predicted molar refractivity (Wildman–Crippen MR) is 123 cm³/mol. The molecular formula is C23H25ClN2O6S. The highest BCUT2D eigenvalue weighted by molar-refractivity contribution is 7.89. The lowest BCUT2D eigenvalue weighted by molar-refractivity contribution is -0.121. The number of amides is 1. The number of carbonyl (C=O) groups is 2. The third-order valence-corrected chi connectivity index (χ3v) is 8.00. The summed E-state index contributed by atoms with van der Waals surface area (Å²) in [6.07, 6.45) is 0.210. The maximum absolute atomic E-state index is 13.2. The summed E-state index contributed by atoms with van der Waals surface area (Å²) in [5, 5.41) is 0.00287. The highest BCUT2D eigenvalue weighted by Crippen LogP contribution is 2.29. The number of fused-ring (bicyclic) bond motifs is 1. The molecule has 8 nitrogen and oxygen atoms in total. The molecule has 1 fully saturated rings. The number of morpholine rings is 1. The second-order valence-electron chi connectivity index (χ2n) is 8.22. The van der Waals surface area contributed by atoms with Crippen molar-refractivity contribution >= 4 is 39.2 Å². The molecule has 2 aliphatic heterocycles.